The lowest BCUT2D eigenvalue weighted by molar-refractivity contribution is 0.924. The van der Waals surface area contributed by atoms with Crippen molar-refractivity contribution in [1.82, 2.24) is 4.98 Å². The summed E-state index contributed by atoms with van der Waals surface area (Å²) < 4.78 is 0. The van der Waals surface area contributed by atoms with Crippen molar-refractivity contribution in [2.24, 2.45) is 0 Å². The average molecular weight is 229 g/mol. The van der Waals surface area contributed by atoms with Gasteiger partial charge in [-0.2, -0.15) is 0 Å². The number of benzene rings is 1. The molecule has 1 aromatic heterocycles. The van der Waals surface area contributed by atoms with E-state index >= 15 is 0 Å². The maximum atomic E-state index is 6.07. The Morgan fingerprint density at radius 2 is 1.94 bits per heavy atom. The van der Waals surface area contributed by atoms with Crippen LogP contribution in [0.4, 0.5) is 11.4 Å². The maximum Gasteiger partial charge on any atom is 0.0603 e. The number of nitrogens with zero attached hydrogens (tertiary/aromatic N) is 1. The molecule has 2 rings (SSSR count). The van der Waals surface area contributed by atoms with Crippen LogP contribution in [-0.4, -0.2) is 12.0 Å². The number of nitrogen functional groups attached to an aromatic ring is 1. The molecule has 90 valence electrons. The molecule has 0 aliphatic rings. The van der Waals surface area contributed by atoms with Crippen LogP contribution in [0, 0.1) is 13.8 Å². The highest BCUT2D eigenvalue weighted by atomic mass is 15.1. The van der Waals surface area contributed by atoms with Gasteiger partial charge in [-0.05, 0) is 48.7 Å². The predicted molar refractivity (Wildman–Crippen MR) is 73.2 cm³/mol. The summed E-state index contributed by atoms with van der Waals surface area (Å²) in [6.45, 7) is 5.06. The third-order valence-corrected chi connectivity index (χ3v) is 3.14. The summed E-state index contributed by atoms with van der Waals surface area (Å²) in [4.78, 5) is 5.24. The lowest BCUT2D eigenvalue weighted by Crippen LogP contribution is -2.17. The standard InChI is InChI=1S/C14H19N3/c1-10-6-13(15)14(7-11(10)2)17(3)9-12-4-5-16-8-12/h4-8,16H,9,15H2,1-3H3. The molecule has 0 atom stereocenters. The Bertz CT molecular complexity index is 500. The Kier molecular flexibility index (Phi) is 3.09. The highest BCUT2D eigenvalue weighted by Crippen LogP contribution is 2.27. The molecule has 1 aromatic carbocycles. The number of H-pyrrole nitrogens is 1. The van der Waals surface area contributed by atoms with Gasteiger partial charge in [0.15, 0.2) is 0 Å². The first-order valence-corrected chi connectivity index (χ1v) is 5.77. The van der Waals surface area contributed by atoms with Gasteiger partial charge in [-0.25, -0.2) is 0 Å². The quantitative estimate of drug-likeness (QED) is 0.795. The molecular formula is C14H19N3. The Hall–Kier alpha value is -1.90. The van der Waals surface area contributed by atoms with Crippen LogP contribution in [0.3, 0.4) is 0 Å². The normalized spacial score (nSPS) is 10.5. The minimum atomic E-state index is 0.839. The minimum Gasteiger partial charge on any atom is -0.397 e. The number of hydrogen-bond donors (Lipinski definition) is 2. The zero-order chi connectivity index (χ0) is 12.4. The van der Waals surface area contributed by atoms with Crippen molar-refractivity contribution in [3.63, 3.8) is 0 Å². The highest BCUT2D eigenvalue weighted by Gasteiger charge is 2.08. The van der Waals surface area contributed by atoms with Crippen LogP contribution in [0.5, 0.6) is 0 Å². The lowest BCUT2D eigenvalue weighted by atomic mass is 10.1. The molecule has 0 unspecified atom stereocenters. The summed E-state index contributed by atoms with van der Waals surface area (Å²) in [7, 11) is 2.06. The first-order valence-electron chi connectivity index (χ1n) is 5.77. The van der Waals surface area contributed by atoms with E-state index in [4.69, 9.17) is 5.73 Å². The Labute approximate surface area is 102 Å². The van der Waals surface area contributed by atoms with Crippen molar-refractivity contribution in [3.05, 3.63) is 47.3 Å². The highest BCUT2D eigenvalue weighted by molar-refractivity contribution is 5.69. The number of aryl methyl sites for hydroxylation is 2. The predicted octanol–water partition coefficient (Wildman–Crippen LogP) is 2.85. The van der Waals surface area contributed by atoms with E-state index in [1.54, 1.807) is 0 Å². The van der Waals surface area contributed by atoms with E-state index in [0.717, 1.165) is 17.9 Å². The fourth-order valence-corrected chi connectivity index (χ4v) is 1.97. The second-order valence-electron chi connectivity index (χ2n) is 4.57. The van der Waals surface area contributed by atoms with Gasteiger partial charge in [-0.3, -0.25) is 0 Å². The van der Waals surface area contributed by atoms with Gasteiger partial charge in [0.1, 0.15) is 0 Å². The van der Waals surface area contributed by atoms with Gasteiger partial charge < -0.3 is 15.6 Å². The van der Waals surface area contributed by atoms with Crippen molar-refractivity contribution in [2.75, 3.05) is 17.7 Å². The summed E-state index contributed by atoms with van der Waals surface area (Å²) in [6, 6.07) is 6.27. The van der Waals surface area contributed by atoms with Crippen molar-refractivity contribution in [2.45, 2.75) is 20.4 Å². The first-order chi connectivity index (χ1) is 8.08. The van der Waals surface area contributed by atoms with Crippen LogP contribution in [0.15, 0.2) is 30.6 Å². The summed E-state index contributed by atoms with van der Waals surface area (Å²) in [5.41, 5.74) is 11.8. The van der Waals surface area contributed by atoms with E-state index in [9.17, 15) is 0 Å². The summed E-state index contributed by atoms with van der Waals surface area (Å²) in [6.07, 6.45) is 3.95. The fourth-order valence-electron chi connectivity index (χ4n) is 1.97. The van der Waals surface area contributed by atoms with E-state index in [-0.39, 0.29) is 0 Å². The molecule has 1 heterocycles. The van der Waals surface area contributed by atoms with Crippen molar-refractivity contribution < 1.29 is 0 Å². The molecule has 0 saturated carbocycles. The van der Waals surface area contributed by atoms with Gasteiger partial charge in [0, 0.05) is 26.0 Å². The maximum absolute atomic E-state index is 6.07. The Morgan fingerprint density at radius 3 is 2.59 bits per heavy atom. The van der Waals surface area contributed by atoms with Gasteiger partial charge in [0.25, 0.3) is 0 Å². The van der Waals surface area contributed by atoms with Crippen LogP contribution in [-0.2, 0) is 6.54 Å². The van der Waals surface area contributed by atoms with Gasteiger partial charge >= 0.3 is 0 Å². The molecule has 2 aromatic rings. The van der Waals surface area contributed by atoms with E-state index in [1.807, 2.05) is 18.5 Å². The monoisotopic (exact) mass is 229 g/mol. The van der Waals surface area contributed by atoms with E-state index in [2.05, 4.69) is 42.9 Å². The molecular weight excluding hydrogens is 210 g/mol. The van der Waals surface area contributed by atoms with Gasteiger partial charge in [0.05, 0.1) is 11.4 Å². The number of rotatable bonds is 3. The Balaban J connectivity index is 2.24. The molecule has 0 radical (unpaired) electrons. The zero-order valence-corrected chi connectivity index (χ0v) is 10.6. The van der Waals surface area contributed by atoms with Crippen molar-refractivity contribution >= 4 is 11.4 Å². The second-order valence-corrected chi connectivity index (χ2v) is 4.57. The first kappa shape index (κ1) is 11.6. The van der Waals surface area contributed by atoms with Gasteiger partial charge in [0.2, 0.25) is 0 Å². The van der Waals surface area contributed by atoms with Crippen LogP contribution >= 0.6 is 0 Å². The van der Waals surface area contributed by atoms with Crippen LogP contribution in [0.1, 0.15) is 16.7 Å². The molecule has 3 heteroatoms. The minimum absolute atomic E-state index is 0.839. The molecule has 3 N–H and O–H groups in total. The SMILES string of the molecule is Cc1cc(N)c(N(C)Cc2cc[nH]c2)cc1C. The second kappa shape index (κ2) is 4.53. The largest absolute Gasteiger partial charge is 0.397 e. The topological polar surface area (TPSA) is 45.0 Å². The summed E-state index contributed by atoms with van der Waals surface area (Å²) in [5, 5.41) is 0. The number of nitrogens with two attached hydrogens (primary N) is 1. The van der Waals surface area contributed by atoms with Gasteiger partial charge in [-0.15, -0.1) is 0 Å². The molecule has 0 saturated heterocycles. The molecule has 0 bridgehead atoms. The number of anilines is 2. The molecule has 3 nitrogen and oxygen atoms in total. The number of hydrogen-bond acceptors (Lipinski definition) is 2. The van der Waals surface area contributed by atoms with E-state index < -0.39 is 0 Å². The Morgan fingerprint density at radius 1 is 1.24 bits per heavy atom. The fraction of sp³-hybridized carbons (Fsp3) is 0.286. The van der Waals surface area contributed by atoms with Crippen LogP contribution in [0.25, 0.3) is 0 Å². The van der Waals surface area contributed by atoms with Crippen LogP contribution < -0.4 is 10.6 Å². The number of nitrogens with one attached hydrogen (secondary N) is 1. The number of aromatic amines is 1. The van der Waals surface area contributed by atoms with Gasteiger partial charge in [-0.1, -0.05) is 0 Å². The van der Waals surface area contributed by atoms with E-state index in [0.29, 0.717) is 0 Å². The number of aromatic nitrogens is 1. The molecule has 0 fully saturated rings. The smallest absolute Gasteiger partial charge is 0.0603 e. The average Bonchev–Trinajstić information content (AvgIpc) is 2.76. The van der Waals surface area contributed by atoms with Crippen LogP contribution in [0.2, 0.25) is 0 Å². The molecule has 0 aliphatic heterocycles. The molecule has 17 heavy (non-hydrogen) atoms. The molecule has 0 amide bonds. The molecule has 0 aliphatic carbocycles. The zero-order valence-electron chi connectivity index (χ0n) is 10.6. The third kappa shape index (κ3) is 2.44. The van der Waals surface area contributed by atoms with E-state index in [1.165, 1.54) is 16.7 Å². The van der Waals surface area contributed by atoms with Crippen molar-refractivity contribution in [3.8, 4) is 0 Å². The molecule has 0 spiro atoms. The summed E-state index contributed by atoms with van der Waals surface area (Å²) in [5.74, 6) is 0. The van der Waals surface area contributed by atoms with Crippen molar-refractivity contribution in [1.29, 1.82) is 0 Å². The third-order valence-electron chi connectivity index (χ3n) is 3.14. The summed E-state index contributed by atoms with van der Waals surface area (Å²) >= 11 is 0. The lowest BCUT2D eigenvalue weighted by Gasteiger charge is -2.22.